The molecule has 0 aromatic heterocycles. The van der Waals surface area contributed by atoms with Crippen LogP contribution in [0.4, 0.5) is 0 Å². The van der Waals surface area contributed by atoms with Gasteiger partial charge in [-0.25, -0.2) is 0 Å². The molecule has 0 rings (SSSR count). The molecule has 12 heavy (non-hydrogen) atoms. The first kappa shape index (κ1) is 12.2. The first-order chi connectivity index (χ1) is 5.85. The van der Waals surface area contributed by atoms with Crippen LogP contribution in [0.1, 0.15) is 26.2 Å². The molecule has 0 amide bonds. The number of hydrogen-bond acceptors (Lipinski definition) is 2. The minimum atomic E-state index is 0.481. The van der Waals surface area contributed by atoms with E-state index in [4.69, 9.17) is 16.3 Å². The van der Waals surface area contributed by atoms with Gasteiger partial charge in [-0.3, -0.25) is 0 Å². The summed E-state index contributed by atoms with van der Waals surface area (Å²) in [5.41, 5.74) is 0. The van der Waals surface area contributed by atoms with Crippen molar-refractivity contribution >= 4 is 11.6 Å². The van der Waals surface area contributed by atoms with Crippen molar-refractivity contribution in [3.8, 4) is 0 Å². The van der Waals surface area contributed by atoms with Gasteiger partial charge >= 0.3 is 0 Å². The van der Waals surface area contributed by atoms with Gasteiger partial charge in [-0.1, -0.05) is 6.92 Å². The highest BCUT2D eigenvalue weighted by Crippen LogP contribution is 1.95. The average Bonchev–Trinajstić information content (AvgIpc) is 2.11. The molecule has 0 aromatic carbocycles. The molecular formula is C9H20ClNO. The summed E-state index contributed by atoms with van der Waals surface area (Å²) in [7, 11) is 1.74. The van der Waals surface area contributed by atoms with Gasteiger partial charge in [-0.05, 0) is 25.8 Å². The van der Waals surface area contributed by atoms with Crippen LogP contribution in [0.5, 0.6) is 0 Å². The molecule has 0 aromatic rings. The molecule has 0 bridgehead atoms. The Morgan fingerprint density at radius 1 is 1.42 bits per heavy atom. The SMILES string of the molecule is CCC(CCl)NCCCCOC. The summed E-state index contributed by atoms with van der Waals surface area (Å²) in [6.45, 7) is 4.06. The third-order valence-corrected chi connectivity index (χ3v) is 2.26. The predicted molar refractivity (Wildman–Crippen MR) is 53.9 cm³/mol. The van der Waals surface area contributed by atoms with Gasteiger partial charge in [0, 0.05) is 25.6 Å². The smallest absolute Gasteiger partial charge is 0.0462 e. The normalized spacial score (nSPS) is 13.2. The Morgan fingerprint density at radius 3 is 2.67 bits per heavy atom. The van der Waals surface area contributed by atoms with E-state index in [-0.39, 0.29) is 0 Å². The Hall–Kier alpha value is 0.210. The summed E-state index contributed by atoms with van der Waals surface area (Å²) in [5.74, 6) is 0.709. The lowest BCUT2D eigenvalue weighted by atomic mass is 10.2. The Morgan fingerprint density at radius 2 is 2.17 bits per heavy atom. The third kappa shape index (κ3) is 6.89. The number of halogens is 1. The lowest BCUT2D eigenvalue weighted by Crippen LogP contribution is -2.30. The molecule has 0 heterocycles. The summed E-state index contributed by atoms with van der Waals surface area (Å²) < 4.78 is 4.95. The van der Waals surface area contributed by atoms with Crippen molar-refractivity contribution in [3.05, 3.63) is 0 Å². The van der Waals surface area contributed by atoms with E-state index < -0.39 is 0 Å². The van der Waals surface area contributed by atoms with E-state index in [9.17, 15) is 0 Å². The maximum absolute atomic E-state index is 5.72. The molecule has 3 heteroatoms. The van der Waals surface area contributed by atoms with Crippen molar-refractivity contribution in [2.24, 2.45) is 0 Å². The molecule has 0 saturated carbocycles. The van der Waals surface area contributed by atoms with Crippen LogP contribution < -0.4 is 5.32 Å². The highest BCUT2D eigenvalue weighted by atomic mass is 35.5. The zero-order chi connectivity index (χ0) is 9.23. The molecule has 0 aliphatic rings. The molecule has 2 nitrogen and oxygen atoms in total. The van der Waals surface area contributed by atoms with E-state index in [1.165, 1.54) is 6.42 Å². The minimum absolute atomic E-state index is 0.481. The van der Waals surface area contributed by atoms with E-state index in [0.29, 0.717) is 11.9 Å². The number of rotatable bonds is 8. The second-order valence-corrected chi connectivity index (χ2v) is 3.22. The molecule has 0 aliphatic carbocycles. The molecule has 1 atom stereocenters. The molecule has 74 valence electrons. The van der Waals surface area contributed by atoms with E-state index in [0.717, 1.165) is 26.0 Å². The van der Waals surface area contributed by atoms with Gasteiger partial charge in [0.2, 0.25) is 0 Å². The molecule has 1 N–H and O–H groups in total. The van der Waals surface area contributed by atoms with Crippen LogP contribution in [0.3, 0.4) is 0 Å². The summed E-state index contributed by atoms with van der Waals surface area (Å²) >= 11 is 5.72. The molecule has 1 unspecified atom stereocenters. The lowest BCUT2D eigenvalue weighted by molar-refractivity contribution is 0.192. The van der Waals surface area contributed by atoms with Crippen LogP contribution in [-0.4, -0.2) is 32.2 Å². The van der Waals surface area contributed by atoms with Crippen molar-refractivity contribution in [2.45, 2.75) is 32.2 Å². The van der Waals surface area contributed by atoms with E-state index in [1.54, 1.807) is 7.11 Å². The largest absolute Gasteiger partial charge is 0.385 e. The highest BCUT2D eigenvalue weighted by molar-refractivity contribution is 6.18. The standard InChI is InChI=1S/C9H20ClNO/c1-3-9(8-10)11-6-4-5-7-12-2/h9,11H,3-8H2,1-2H3. The third-order valence-electron chi connectivity index (χ3n) is 1.89. The Balaban J connectivity index is 3.06. The fraction of sp³-hybridized carbons (Fsp3) is 1.00. The number of nitrogens with one attached hydrogen (secondary N) is 1. The minimum Gasteiger partial charge on any atom is -0.385 e. The Labute approximate surface area is 80.6 Å². The van der Waals surface area contributed by atoms with Crippen LogP contribution in [0.2, 0.25) is 0 Å². The van der Waals surface area contributed by atoms with Gasteiger partial charge in [0.25, 0.3) is 0 Å². The monoisotopic (exact) mass is 193 g/mol. The van der Waals surface area contributed by atoms with Crippen molar-refractivity contribution in [1.29, 1.82) is 0 Å². The average molecular weight is 194 g/mol. The number of hydrogen-bond donors (Lipinski definition) is 1. The molecule has 0 radical (unpaired) electrons. The van der Waals surface area contributed by atoms with E-state index in [1.807, 2.05) is 0 Å². The second-order valence-electron chi connectivity index (χ2n) is 2.91. The molecule has 0 saturated heterocycles. The number of ether oxygens (including phenoxy) is 1. The quantitative estimate of drug-likeness (QED) is 0.471. The van der Waals surface area contributed by atoms with Crippen molar-refractivity contribution in [1.82, 2.24) is 5.32 Å². The summed E-state index contributed by atoms with van der Waals surface area (Å²) in [4.78, 5) is 0. The zero-order valence-corrected chi connectivity index (χ0v) is 8.86. The highest BCUT2D eigenvalue weighted by Gasteiger charge is 2.01. The first-order valence-corrected chi connectivity index (χ1v) is 5.16. The Bertz CT molecular complexity index is 86.6. The van der Waals surface area contributed by atoms with Crippen molar-refractivity contribution in [2.75, 3.05) is 26.1 Å². The van der Waals surface area contributed by atoms with Crippen LogP contribution in [0, 0.1) is 0 Å². The molecular weight excluding hydrogens is 174 g/mol. The van der Waals surface area contributed by atoms with Crippen LogP contribution in [0.15, 0.2) is 0 Å². The van der Waals surface area contributed by atoms with Crippen LogP contribution >= 0.6 is 11.6 Å². The fourth-order valence-corrected chi connectivity index (χ4v) is 1.31. The van der Waals surface area contributed by atoms with Crippen LogP contribution in [-0.2, 0) is 4.74 Å². The van der Waals surface area contributed by atoms with Gasteiger partial charge in [0.05, 0.1) is 0 Å². The number of alkyl halides is 1. The number of unbranched alkanes of at least 4 members (excludes halogenated alkanes) is 1. The maximum atomic E-state index is 5.72. The second kappa shape index (κ2) is 9.30. The Kier molecular flexibility index (Phi) is 9.46. The van der Waals surface area contributed by atoms with Crippen molar-refractivity contribution in [3.63, 3.8) is 0 Å². The van der Waals surface area contributed by atoms with Crippen LogP contribution in [0.25, 0.3) is 0 Å². The van der Waals surface area contributed by atoms with Gasteiger partial charge in [-0.2, -0.15) is 0 Å². The molecule has 0 aliphatic heterocycles. The van der Waals surface area contributed by atoms with Crippen molar-refractivity contribution < 1.29 is 4.74 Å². The summed E-state index contributed by atoms with van der Waals surface area (Å²) in [6.07, 6.45) is 3.40. The predicted octanol–water partition coefficient (Wildman–Crippen LogP) is 2.02. The number of methoxy groups -OCH3 is 1. The van der Waals surface area contributed by atoms with E-state index >= 15 is 0 Å². The zero-order valence-electron chi connectivity index (χ0n) is 8.11. The lowest BCUT2D eigenvalue weighted by Gasteiger charge is -2.12. The first-order valence-electron chi connectivity index (χ1n) is 4.63. The molecule has 0 spiro atoms. The summed E-state index contributed by atoms with van der Waals surface area (Å²) in [5, 5.41) is 3.39. The topological polar surface area (TPSA) is 21.3 Å². The molecule has 0 fully saturated rings. The van der Waals surface area contributed by atoms with Gasteiger partial charge in [0.1, 0.15) is 0 Å². The summed E-state index contributed by atoms with van der Waals surface area (Å²) in [6, 6.07) is 0.481. The fourth-order valence-electron chi connectivity index (χ4n) is 0.986. The van der Waals surface area contributed by atoms with Gasteiger partial charge in [0.15, 0.2) is 0 Å². The van der Waals surface area contributed by atoms with E-state index in [2.05, 4.69) is 12.2 Å². The van der Waals surface area contributed by atoms with Gasteiger partial charge < -0.3 is 10.1 Å². The van der Waals surface area contributed by atoms with Gasteiger partial charge in [-0.15, -0.1) is 11.6 Å². The maximum Gasteiger partial charge on any atom is 0.0462 e.